The first-order valence-corrected chi connectivity index (χ1v) is 8.59. The molecule has 0 aliphatic carbocycles. The van der Waals surface area contributed by atoms with Crippen molar-refractivity contribution in [3.05, 3.63) is 42.4 Å². The molecular weight excluding hydrogens is 362 g/mol. The normalized spacial score (nSPS) is 21.0. The van der Waals surface area contributed by atoms with E-state index in [1.54, 1.807) is 6.07 Å². The Morgan fingerprint density at radius 2 is 1.96 bits per heavy atom. The maximum absolute atomic E-state index is 14.0. The van der Waals surface area contributed by atoms with Crippen LogP contribution in [0.1, 0.15) is 18.9 Å². The van der Waals surface area contributed by atoms with Gasteiger partial charge < -0.3 is 4.90 Å². The molecule has 9 heteroatoms. The third kappa shape index (κ3) is 3.33. The Labute approximate surface area is 152 Å². The monoisotopic (exact) mass is 379 g/mol. The maximum atomic E-state index is 14.0. The Kier molecular flexibility index (Phi) is 4.24. The van der Waals surface area contributed by atoms with Gasteiger partial charge >= 0.3 is 6.18 Å². The highest BCUT2D eigenvalue weighted by Gasteiger charge is 2.31. The first-order chi connectivity index (χ1) is 12.8. The minimum Gasteiger partial charge on any atom is -0.354 e. The van der Waals surface area contributed by atoms with Gasteiger partial charge in [-0.05, 0) is 30.5 Å². The first-order valence-electron chi connectivity index (χ1n) is 8.59. The van der Waals surface area contributed by atoms with Crippen molar-refractivity contribution in [2.24, 2.45) is 5.92 Å². The van der Waals surface area contributed by atoms with Crippen LogP contribution in [0.15, 0.2) is 36.8 Å². The number of piperidine rings is 1. The molecule has 0 saturated carbocycles. The topological polar surface area (TPSA) is 46.3 Å². The molecule has 0 bridgehead atoms. The molecule has 1 aliphatic rings. The fourth-order valence-electron chi connectivity index (χ4n) is 3.19. The van der Waals surface area contributed by atoms with E-state index in [0.29, 0.717) is 30.1 Å². The summed E-state index contributed by atoms with van der Waals surface area (Å²) in [5, 5.41) is 0. The van der Waals surface area contributed by atoms with Gasteiger partial charge in [-0.1, -0.05) is 6.92 Å². The maximum Gasteiger partial charge on any atom is 0.417 e. The van der Waals surface area contributed by atoms with E-state index in [1.807, 2.05) is 11.8 Å². The molecule has 0 amide bonds. The third-order valence-corrected chi connectivity index (χ3v) is 4.89. The summed E-state index contributed by atoms with van der Waals surface area (Å²) in [4.78, 5) is 14.6. The summed E-state index contributed by atoms with van der Waals surface area (Å²) in [6.45, 7) is 2.79. The zero-order chi connectivity index (χ0) is 19.2. The van der Waals surface area contributed by atoms with Gasteiger partial charge in [-0.25, -0.2) is 19.3 Å². The Morgan fingerprint density at radius 1 is 1.15 bits per heavy atom. The van der Waals surface area contributed by atoms with Gasteiger partial charge in [-0.2, -0.15) is 13.2 Å². The van der Waals surface area contributed by atoms with E-state index >= 15 is 0 Å². The quantitative estimate of drug-likeness (QED) is 0.632. The molecule has 0 N–H and O–H groups in total. The van der Waals surface area contributed by atoms with Crippen molar-refractivity contribution < 1.29 is 17.6 Å². The van der Waals surface area contributed by atoms with Crippen LogP contribution < -0.4 is 4.90 Å². The van der Waals surface area contributed by atoms with Gasteiger partial charge in [-0.15, -0.1) is 0 Å². The van der Waals surface area contributed by atoms with Crippen LogP contribution in [0.2, 0.25) is 0 Å². The van der Waals surface area contributed by atoms with E-state index in [0.717, 1.165) is 12.3 Å². The van der Waals surface area contributed by atoms with Crippen molar-refractivity contribution in [3.63, 3.8) is 0 Å². The van der Waals surface area contributed by atoms with Crippen molar-refractivity contribution in [2.75, 3.05) is 18.0 Å². The molecule has 3 aromatic heterocycles. The van der Waals surface area contributed by atoms with E-state index in [9.17, 15) is 17.6 Å². The Hall–Kier alpha value is -2.71. The van der Waals surface area contributed by atoms with Crippen LogP contribution in [-0.4, -0.2) is 38.6 Å². The molecule has 4 rings (SSSR count). The molecule has 142 valence electrons. The average Bonchev–Trinajstić information content (AvgIpc) is 3.06. The second-order valence-corrected chi connectivity index (χ2v) is 6.75. The van der Waals surface area contributed by atoms with Gasteiger partial charge in [0, 0.05) is 18.9 Å². The van der Waals surface area contributed by atoms with E-state index in [-0.39, 0.29) is 18.3 Å². The Balaban J connectivity index is 1.72. The molecule has 0 radical (unpaired) electrons. The lowest BCUT2D eigenvalue weighted by Gasteiger charge is -2.33. The smallest absolute Gasteiger partial charge is 0.354 e. The number of pyridine rings is 1. The molecule has 1 saturated heterocycles. The lowest BCUT2D eigenvalue weighted by atomic mass is 9.97. The summed E-state index contributed by atoms with van der Waals surface area (Å²) in [6, 6.07) is 3.96. The van der Waals surface area contributed by atoms with Gasteiger partial charge in [-0.3, -0.25) is 4.40 Å². The zero-order valence-electron chi connectivity index (χ0n) is 14.5. The number of hydrogen-bond donors (Lipinski definition) is 0. The molecule has 3 aromatic rings. The number of fused-ring (bicyclic) bond motifs is 1. The lowest BCUT2D eigenvalue weighted by Crippen LogP contribution is -2.41. The first kappa shape index (κ1) is 17.7. The molecule has 5 nitrogen and oxygen atoms in total. The Morgan fingerprint density at radius 3 is 2.70 bits per heavy atom. The van der Waals surface area contributed by atoms with E-state index < -0.39 is 17.9 Å². The molecule has 27 heavy (non-hydrogen) atoms. The summed E-state index contributed by atoms with van der Waals surface area (Å²) < 4.78 is 54.4. The van der Waals surface area contributed by atoms with Gasteiger partial charge in [0.2, 0.25) is 0 Å². The van der Waals surface area contributed by atoms with Crippen LogP contribution in [0.25, 0.3) is 17.2 Å². The van der Waals surface area contributed by atoms with Crippen LogP contribution in [-0.2, 0) is 6.18 Å². The molecule has 4 heterocycles. The molecule has 2 atom stereocenters. The minimum atomic E-state index is -4.46. The van der Waals surface area contributed by atoms with Gasteiger partial charge in [0.05, 0.1) is 18.3 Å². The molecule has 0 aromatic carbocycles. The number of nitrogens with zero attached hydrogens (tertiary/aromatic N) is 5. The molecule has 0 unspecified atom stereocenters. The van der Waals surface area contributed by atoms with Crippen molar-refractivity contribution >= 4 is 11.5 Å². The van der Waals surface area contributed by atoms with Crippen LogP contribution in [0, 0.1) is 5.92 Å². The number of anilines is 1. The summed E-state index contributed by atoms with van der Waals surface area (Å²) in [6.07, 6.45) is -0.749. The fourth-order valence-corrected chi connectivity index (χ4v) is 3.19. The number of rotatable bonds is 2. The van der Waals surface area contributed by atoms with Gasteiger partial charge in [0.15, 0.2) is 5.82 Å². The SMILES string of the molecule is C[C@@H]1CCN(c2ccnc(-c3cnc4ccc(C(F)(F)F)cn34)n2)C[C@@H]1F. The predicted molar refractivity (Wildman–Crippen MR) is 92.1 cm³/mol. The van der Waals surface area contributed by atoms with E-state index in [2.05, 4.69) is 15.0 Å². The average molecular weight is 379 g/mol. The van der Waals surface area contributed by atoms with Gasteiger partial charge in [0.25, 0.3) is 0 Å². The summed E-state index contributed by atoms with van der Waals surface area (Å²) in [5.74, 6) is 0.798. The van der Waals surface area contributed by atoms with E-state index in [4.69, 9.17) is 0 Å². The number of alkyl halides is 4. The summed E-state index contributed by atoms with van der Waals surface area (Å²) >= 11 is 0. The standard InChI is InChI=1S/C18H17F4N5/c1-11-5-7-26(10-13(11)19)16-4-6-23-17(25-16)14-8-24-15-3-2-12(9-27(14)15)18(20,21)22/h2-4,6,8-9,11,13H,5,7,10H2,1H3/t11-,13+/m1/s1. The summed E-state index contributed by atoms with van der Waals surface area (Å²) in [7, 11) is 0. The number of imidazole rings is 1. The highest BCUT2D eigenvalue weighted by Crippen LogP contribution is 2.31. The van der Waals surface area contributed by atoms with Crippen LogP contribution >= 0.6 is 0 Å². The van der Waals surface area contributed by atoms with Crippen LogP contribution in [0.4, 0.5) is 23.4 Å². The van der Waals surface area contributed by atoms with Crippen molar-refractivity contribution in [1.82, 2.24) is 19.4 Å². The minimum absolute atomic E-state index is 0.00196. The molecule has 1 fully saturated rings. The Bertz CT molecular complexity index is 968. The van der Waals surface area contributed by atoms with Crippen LogP contribution in [0.3, 0.4) is 0 Å². The lowest BCUT2D eigenvalue weighted by molar-refractivity contribution is -0.137. The highest BCUT2D eigenvalue weighted by atomic mass is 19.4. The molecule has 1 aliphatic heterocycles. The van der Waals surface area contributed by atoms with E-state index in [1.165, 1.54) is 22.9 Å². The van der Waals surface area contributed by atoms with Crippen molar-refractivity contribution in [2.45, 2.75) is 25.7 Å². The fraction of sp³-hybridized carbons (Fsp3) is 0.389. The van der Waals surface area contributed by atoms with Crippen molar-refractivity contribution in [3.8, 4) is 11.5 Å². The number of hydrogen-bond acceptors (Lipinski definition) is 4. The molecule has 0 spiro atoms. The number of aromatic nitrogens is 4. The van der Waals surface area contributed by atoms with Crippen molar-refractivity contribution in [1.29, 1.82) is 0 Å². The second kappa shape index (κ2) is 6.47. The highest BCUT2D eigenvalue weighted by molar-refractivity contribution is 5.59. The third-order valence-electron chi connectivity index (χ3n) is 4.89. The summed E-state index contributed by atoms with van der Waals surface area (Å²) in [5.41, 5.74) is -0.0709. The molecular formula is C18H17F4N5. The van der Waals surface area contributed by atoms with Crippen LogP contribution in [0.5, 0.6) is 0 Å². The second-order valence-electron chi connectivity index (χ2n) is 6.75. The largest absolute Gasteiger partial charge is 0.417 e. The van der Waals surface area contributed by atoms with Gasteiger partial charge in [0.1, 0.15) is 23.3 Å². The predicted octanol–water partition coefficient (Wildman–Crippen LogP) is 3.99. The number of halogens is 4. The zero-order valence-corrected chi connectivity index (χ0v) is 14.5.